The second-order valence-corrected chi connectivity index (χ2v) is 3.39. The highest BCUT2D eigenvalue weighted by atomic mass is 16.5. The molecule has 88 valence electrons. The van der Waals surface area contributed by atoms with Gasteiger partial charge in [0.25, 0.3) is 0 Å². The summed E-state index contributed by atoms with van der Waals surface area (Å²) in [6, 6.07) is 5.11. The van der Waals surface area contributed by atoms with Crippen LogP contribution >= 0.6 is 0 Å². The third kappa shape index (κ3) is 4.08. The van der Waals surface area contributed by atoms with Crippen molar-refractivity contribution in [2.45, 2.75) is 13.3 Å². The summed E-state index contributed by atoms with van der Waals surface area (Å²) in [7, 11) is 0. The molecule has 0 saturated heterocycles. The fraction of sp³-hybridized carbons (Fsp3) is 0.364. The molecule has 4 N–H and O–H groups in total. The quantitative estimate of drug-likeness (QED) is 0.638. The standard InChI is InChI=1S/C11H16N2O3/c1-2-3-16-10-5-8(12)4-9(6-10)13-7-11(14)15/h4-6,13H,2-3,7,12H2,1H3,(H,14,15). The Bertz CT molecular complexity index is 366. The number of nitrogens with one attached hydrogen (secondary N) is 1. The summed E-state index contributed by atoms with van der Waals surface area (Å²) in [6.07, 6.45) is 0.909. The summed E-state index contributed by atoms with van der Waals surface area (Å²) < 4.78 is 5.42. The second-order valence-electron chi connectivity index (χ2n) is 3.39. The molecule has 5 heteroatoms. The fourth-order valence-corrected chi connectivity index (χ4v) is 1.21. The lowest BCUT2D eigenvalue weighted by molar-refractivity contribution is -0.134. The number of nitrogens with two attached hydrogens (primary N) is 1. The van der Waals surface area contributed by atoms with Crippen molar-refractivity contribution in [3.05, 3.63) is 18.2 Å². The number of ether oxygens (including phenoxy) is 1. The van der Waals surface area contributed by atoms with E-state index in [-0.39, 0.29) is 6.54 Å². The Balaban J connectivity index is 2.69. The van der Waals surface area contributed by atoms with E-state index >= 15 is 0 Å². The molecule has 0 unspecified atom stereocenters. The van der Waals surface area contributed by atoms with E-state index in [1.54, 1.807) is 18.2 Å². The van der Waals surface area contributed by atoms with Crippen LogP contribution in [-0.2, 0) is 4.79 Å². The van der Waals surface area contributed by atoms with Crippen molar-refractivity contribution in [2.24, 2.45) is 0 Å². The van der Waals surface area contributed by atoms with E-state index in [0.717, 1.165) is 6.42 Å². The van der Waals surface area contributed by atoms with Gasteiger partial charge < -0.3 is 20.9 Å². The maximum absolute atomic E-state index is 10.4. The van der Waals surface area contributed by atoms with Crippen molar-refractivity contribution < 1.29 is 14.6 Å². The van der Waals surface area contributed by atoms with Crippen LogP contribution in [0.3, 0.4) is 0 Å². The summed E-state index contributed by atoms with van der Waals surface area (Å²) in [4.78, 5) is 10.4. The molecule has 5 nitrogen and oxygen atoms in total. The first-order chi connectivity index (χ1) is 7.61. The monoisotopic (exact) mass is 224 g/mol. The first-order valence-electron chi connectivity index (χ1n) is 5.11. The Kier molecular flexibility index (Phi) is 4.44. The first kappa shape index (κ1) is 12.2. The zero-order valence-corrected chi connectivity index (χ0v) is 9.19. The number of carboxylic acid groups (broad SMARTS) is 1. The second kappa shape index (κ2) is 5.85. The minimum absolute atomic E-state index is 0.142. The van der Waals surface area contributed by atoms with Gasteiger partial charge in [0.2, 0.25) is 0 Å². The number of rotatable bonds is 6. The summed E-state index contributed by atoms with van der Waals surface area (Å²) in [5.74, 6) is -0.270. The number of anilines is 2. The molecule has 0 aliphatic carbocycles. The normalized spacial score (nSPS) is 9.81. The van der Waals surface area contributed by atoms with Gasteiger partial charge in [-0.05, 0) is 12.5 Å². The Morgan fingerprint density at radius 1 is 1.50 bits per heavy atom. The van der Waals surface area contributed by atoms with E-state index in [1.807, 2.05) is 6.92 Å². The van der Waals surface area contributed by atoms with Crippen LogP contribution in [-0.4, -0.2) is 24.2 Å². The minimum Gasteiger partial charge on any atom is -0.493 e. The summed E-state index contributed by atoms with van der Waals surface area (Å²) >= 11 is 0. The van der Waals surface area contributed by atoms with Gasteiger partial charge in [-0.1, -0.05) is 6.92 Å². The molecule has 16 heavy (non-hydrogen) atoms. The number of aliphatic carboxylic acids is 1. The maximum Gasteiger partial charge on any atom is 0.322 e. The molecule has 0 heterocycles. The van der Waals surface area contributed by atoms with E-state index < -0.39 is 5.97 Å². The van der Waals surface area contributed by atoms with Crippen molar-refractivity contribution in [3.63, 3.8) is 0 Å². The molecule has 0 amide bonds. The van der Waals surface area contributed by atoms with E-state index in [9.17, 15) is 4.79 Å². The Labute approximate surface area is 94.2 Å². The van der Waals surface area contributed by atoms with Gasteiger partial charge in [0, 0.05) is 23.5 Å². The van der Waals surface area contributed by atoms with Gasteiger partial charge in [0.05, 0.1) is 6.61 Å². The summed E-state index contributed by atoms with van der Waals surface area (Å²) in [6.45, 7) is 2.48. The molecule has 0 aliphatic rings. The SMILES string of the molecule is CCCOc1cc(N)cc(NCC(=O)O)c1. The third-order valence-electron chi connectivity index (χ3n) is 1.85. The van der Waals surface area contributed by atoms with E-state index in [1.165, 1.54) is 0 Å². The molecule has 1 rings (SSSR count). The molecule has 1 aromatic rings. The van der Waals surface area contributed by atoms with Crippen LogP contribution in [0.4, 0.5) is 11.4 Å². The topological polar surface area (TPSA) is 84.6 Å². The van der Waals surface area contributed by atoms with Crippen LogP contribution in [0, 0.1) is 0 Å². The molecule has 0 aliphatic heterocycles. The fourth-order valence-electron chi connectivity index (χ4n) is 1.21. The van der Waals surface area contributed by atoms with Crippen molar-refractivity contribution in [3.8, 4) is 5.75 Å². The van der Waals surface area contributed by atoms with Crippen LogP contribution in [0.15, 0.2) is 18.2 Å². The average molecular weight is 224 g/mol. The van der Waals surface area contributed by atoms with Gasteiger partial charge in [-0.2, -0.15) is 0 Å². The van der Waals surface area contributed by atoms with Crippen LogP contribution in [0.2, 0.25) is 0 Å². The number of nitrogen functional groups attached to an aromatic ring is 1. The highest BCUT2D eigenvalue weighted by Gasteiger charge is 2.01. The highest BCUT2D eigenvalue weighted by Crippen LogP contribution is 2.22. The Hall–Kier alpha value is -1.91. The molecule has 1 aromatic carbocycles. The van der Waals surface area contributed by atoms with Crippen molar-refractivity contribution in [1.29, 1.82) is 0 Å². The zero-order chi connectivity index (χ0) is 12.0. The number of hydrogen-bond donors (Lipinski definition) is 3. The number of benzene rings is 1. The van der Waals surface area contributed by atoms with Gasteiger partial charge in [0.15, 0.2) is 0 Å². The summed E-state index contributed by atoms with van der Waals surface area (Å²) in [5.41, 5.74) is 6.86. The molecule has 0 aromatic heterocycles. The van der Waals surface area contributed by atoms with E-state index in [4.69, 9.17) is 15.6 Å². The maximum atomic E-state index is 10.4. The lowest BCUT2D eigenvalue weighted by atomic mass is 10.2. The van der Waals surface area contributed by atoms with Crippen LogP contribution in [0.25, 0.3) is 0 Å². The van der Waals surface area contributed by atoms with Gasteiger partial charge >= 0.3 is 5.97 Å². The number of carboxylic acids is 1. The van der Waals surface area contributed by atoms with Crippen LogP contribution in [0.1, 0.15) is 13.3 Å². The molecule has 0 spiro atoms. The van der Waals surface area contributed by atoms with Gasteiger partial charge in [-0.25, -0.2) is 0 Å². The molecular weight excluding hydrogens is 208 g/mol. The number of hydrogen-bond acceptors (Lipinski definition) is 4. The lowest BCUT2D eigenvalue weighted by Crippen LogP contribution is -2.12. The van der Waals surface area contributed by atoms with Gasteiger partial charge in [-0.3, -0.25) is 4.79 Å². The molecular formula is C11H16N2O3. The molecule has 0 saturated carbocycles. The largest absolute Gasteiger partial charge is 0.493 e. The molecule has 0 radical (unpaired) electrons. The number of carbonyl (C=O) groups is 1. The van der Waals surface area contributed by atoms with Crippen LogP contribution < -0.4 is 15.8 Å². The van der Waals surface area contributed by atoms with Crippen molar-refractivity contribution in [2.75, 3.05) is 24.2 Å². The summed E-state index contributed by atoms with van der Waals surface area (Å²) in [5, 5.41) is 11.3. The van der Waals surface area contributed by atoms with Gasteiger partial charge in [0.1, 0.15) is 12.3 Å². The Morgan fingerprint density at radius 2 is 2.25 bits per heavy atom. The van der Waals surface area contributed by atoms with Crippen molar-refractivity contribution >= 4 is 17.3 Å². The minimum atomic E-state index is -0.918. The van der Waals surface area contributed by atoms with Crippen molar-refractivity contribution in [1.82, 2.24) is 0 Å². The molecule has 0 atom stereocenters. The van der Waals surface area contributed by atoms with Gasteiger partial charge in [-0.15, -0.1) is 0 Å². The third-order valence-corrected chi connectivity index (χ3v) is 1.85. The lowest BCUT2D eigenvalue weighted by Gasteiger charge is -2.09. The van der Waals surface area contributed by atoms with E-state index in [2.05, 4.69) is 5.32 Å². The average Bonchev–Trinajstić information content (AvgIpc) is 2.23. The zero-order valence-electron chi connectivity index (χ0n) is 9.19. The first-order valence-corrected chi connectivity index (χ1v) is 5.11. The Morgan fingerprint density at radius 3 is 2.88 bits per heavy atom. The molecule has 0 bridgehead atoms. The predicted molar refractivity (Wildman–Crippen MR) is 62.8 cm³/mol. The predicted octanol–water partition coefficient (Wildman–Crippen LogP) is 1.55. The van der Waals surface area contributed by atoms with E-state index in [0.29, 0.717) is 23.7 Å². The smallest absolute Gasteiger partial charge is 0.322 e. The molecule has 0 fully saturated rings. The van der Waals surface area contributed by atoms with Crippen LogP contribution in [0.5, 0.6) is 5.75 Å². The highest BCUT2D eigenvalue weighted by molar-refractivity contribution is 5.73.